The molecule has 2 N–H and O–H groups in total. The average molecular weight is 279 g/mol. The Kier molecular flexibility index (Phi) is 3.36. The quantitative estimate of drug-likeness (QED) is 0.642. The third-order valence-electron chi connectivity index (χ3n) is 3.07. The summed E-state index contributed by atoms with van der Waals surface area (Å²) in [7, 11) is 0. The zero-order chi connectivity index (χ0) is 14.3. The Morgan fingerprint density at radius 1 is 1.21 bits per heavy atom. The number of carboxylic acid groups (broad SMARTS) is 1. The highest BCUT2D eigenvalue weighted by Gasteiger charge is 2.39. The highest BCUT2D eigenvalue weighted by atomic mass is 19.2. The first kappa shape index (κ1) is 13.6. The molecule has 1 saturated heterocycles. The van der Waals surface area contributed by atoms with Crippen molar-refractivity contribution in [1.82, 2.24) is 4.90 Å². The van der Waals surface area contributed by atoms with E-state index in [9.17, 15) is 27.5 Å². The smallest absolute Gasteiger partial charge is 0.407 e. The second-order valence-corrected chi connectivity index (χ2v) is 4.27. The fraction of sp³-hybridized carbons (Fsp3) is 0.364. The number of nitrogens with zero attached hydrogens (tertiary/aromatic N) is 1. The molecule has 1 aliphatic rings. The number of benzene rings is 1. The van der Waals surface area contributed by atoms with Gasteiger partial charge in [-0.3, -0.25) is 0 Å². The SMILES string of the molecule is O=C(O)N1CC(C(O)c2c(F)c(F)cc(F)c2F)C1. The molecular weight excluding hydrogens is 270 g/mol. The molecule has 1 aliphatic heterocycles. The number of hydrogen-bond acceptors (Lipinski definition) is 2. The van der Waals surface area contributed by atoms with Gasteiger partial charge in [0.2, 0.25) is 0 Å². The first-order valence-electron chi connectivity index (χ1n) is 5.31. The molecule has 0 aromatic heterocycles. The van der Waals surface area contributed by atoms with E-state index in [1.54, 1.807) is 0 Å². The van der Waals surface area contributed by atoms with Crippen molar-refractivity contribution in [2.75, 3.05) is 13.1 Å². The Balaban J connectivity index is 2.26. The van der Waals surface area contributed by atoms with Crippen LogP contribution in [0.25, 0.3) is 0 Å². The minimum Gasteiger partial charge on any atom is -0.465 e. The molecular formula is C11H9F4NO3. The van der Waals surface area contributed by atoms with Crippen LogP contribution in [-0.2, 0) is 0 Å². The maximum Gasteiger partial charge on any atom is 0.407 e. The lowest BCUT2D eigenvalue weighted by Crippen LogP contribution is -2.51. The highest BCUT2D eigenvalue weighted by Crippen LogP contribution is 2.34. The van der Waals surface area contributed by atoms with E-state index in [1.165, 1.54) is 0 Å². The number of likely N-dealkylation sites (tertiary alicyclic amines) is 1. The van der Waals surface area contributed by atoms with Gasteiger partial charge >= 0.3 is 6.09 Å². The molecule has 0 radical (unpaired) electrons. The van der Waals surface area contributed by atoms with Crippen LogP contribution in [0.5, 0.6) is 0 Å². The summed E-state index contributed by atoms with van der Waals surface area (Å²) < 4.78 is 52.7. The van der Waals surface area contributed by atoms with Crippen molar-refractivity contribution < 1.29 is 32.6 Å². The van der Waals surface area contributed by atoms with Crippen molar-refractivity contribution in [3.8, 4) is 0 Å². The monoisotopic (exact) mass is 279 g/mol. The summed E-state index contributed by atoms with van der Waals surface area (Å²) in [6, 6.07) is 0.0468. The van der Waals surface area contributed by atoms with Gasteiger partial charge < -0.3 is 15.1 Å². The summed E-state index contributed by atoms with van der Waals surface area (Å²) in [5.41, 5.74) is -1.10. The summed E-state index contributed by atoms with van der Waals surface area (Å²) in [5.74, 6) is -7.36. The first-order chi connectivity index (χ1) is 8.82. The largest absolute Gasteiger partial charge is 0.465 e. The number of aliphatic hydroxyl groups excluding tert-OH is 1. The predicted molar refractivity (Wildman–Crippen MR) is 54.3 cm³/mol. The van der Waals surface area contributed by atoms with Crippen LogP contribution in [0.1, 0.15) is 11.7 Å². The van der Waals surface area contributed by atoms with Crippen molar-refractivity contribution in [3.05, 3.63) is 34.9 Å². The standard InChI is InChI=1S/C11H9F4NO3/c12-5-1-6(13)9(15)7(8(5)14)10(17)4-2-16(3-4)11(18)19/h1,4,10,17H,2-3H2,(H,18,19). The minimum absolute atomic E-state index is 0.0468. The van der Waals surface area contributed by atoms with Gasteiger partial charge in [-0.15, -0.1) is 0 Å². The van der Waals surface area contributed by atoms with E-state index in [1.807, 2.05) is 0 Å². The minimum atomic E-state index is -1.80. The summed E-state index contributed by atoms with van der Waals surface area (Å²) in [6.45, 7) is -0.318. The van der Waals surface area contributed by atoms with E-state index in [2.05, 4.69) is 0 Å². The van der Waals surface area contributed by atoms with E-state index in [-0.39, 0.29) is 19.2 Å². The molecule has 1 amide bonds. The Bertz CT molecular complexity index is 505. The topological polar surface area (TPSA) is 60.8 Å². The van der Waals surface area contributed by atoms with Crippen LogP contribution >= 0.6 is 0 Å². The molecule has 2 rings (SSSR count). The zero-order valence-corrected chi connectivity index (χ0v) is 9.41. The second kappa shape index (κ2) is 4.69. The maximum absolute atomic E-state index is 13.4. The third-order valence-corrected chi connectivity index (χ3v) is 3.07. The molecule has 19 heavy (non-hydrogen) atoms. The van der Waals surface area contributed by atoms with Gasteiger partial charge in [0.05, 0.1) is 11.7 Å². The van der Waals surface area contributed by atoms with Crippen LogP contribution < -0.4 is 0 Å². The van der Waals surface area contributed by atoms with Crippen molar-refractivity contribution in [1.29, 1.82) is 0 Å². The van der Waals surface area contributed by atoms with Gasteiger partial charge in [-0.25, -0.2) is 22.4 Å². The molecule has 1 heterocycles. The van der Waals surface area contributed by atoms with Crippen LogP contribution in [0.4, 0.5) is 22.4 Å². The third kappa shape index (κ3) is 2.23. The average Bonchev–Trinajstić information content (AvgIpc) is 2.24. The van der Waals surface area contributed by atoms with Gasteiger partial charge in [-0.2, -0.15) is 0 Å². The summed E-state index contributed by atoms with van der Waals surface area (Å²) in [4.78, 5) is 11.4. The lowest BCUT2D eigenvalue weighted by molar-refractivity contribution is -0.000982. The Hall–Kier alpha value is -1.83. The molecule has 0 aliphatic carbocycles. The molecule has 0 bridgehead atoms. The highest BCUT2D eigenvalue weighted by molar-refractivity contribution is 5.66. The molecule has 1 aromatic carbocycles. The van der Waals surface area contributed by atoms with Crippen LogP contribution in [0.3, 0.4) is 0 Å². The molecule has 8 heteroatoms. The van der Waals surface area contributed by atoms with Crippen molar-refractivity contribution >= 4 is 6.09 Å². The van der Waals surface area contributed by atoms with E-state index in [4.69, 9.17) is 5.11 Å². The summed E-state index contributed by atoms with van der Waals surface area (Å²) in [6.07, 6.45) is -3.05. The number of carbonyl (C=O) groups is 1. The molecule has 0 spiro atoms. The normalized spacial score (nSPS) is 17.2. The van der Waals surface area contributed by atoms with Crippen LogP contribution in [0, 0.1) is 29.2 Å². The molecule has 0 saturated carbocycles. The van der Waals surface area contributed by atoms with E-state index in [0.717, 1.165) is 4.90 Å². The van der Waals surface area contributed by atoms with Gasteiger partial charge in [-0.05, 0) is 0 Å². The van der Waals surface area contributed by atoms with Gasteiger partial charge in [0, 0.05) is 25.1 Å². The number of halogens is 4. The van der Waals surface area contributed by atoms with E-state index < -0.39 is 46.9 Å². The summed E-state index contributed by atoms with van der Waals surface area (Å²) in [5, 5.41) is 18.3. The molecule has 1 unspecified atom stereocenters. The fourth-order valence-corrected chi connectivity index (χ4v) is 1.96. The van der Waals surface area contributed by atoms with E-state index >= 15 is 0 Å². The van der Waals surface area contributed by atoms with Crippen LogP contribution in [0.2, 0.25) is 0 Å². The van der Waals surface area contributed by atoms with Crippen molar-refractivity contribution in [2.24, 2.45) is 5.92 Å². The van der Waals surface area contributed by atoms with Crippen LogP contribution in [0.15, 0.2) is 6.07 Å². The number of amides is 1. The lowest BCUT2D eigenvalue weighted by Gasteiger charge is -2.39. The molecule has 1 fully saturated rings. The number of hydrogen-bond donors (Lipinski definition) is 2. The maximum atomic E-state index is 13.4. The Labute approximate surface area is 104 Å². The van der Waals surface area contributed by atoms with Gasteiger partial charge in [0.25, 0.3) is 0 Å². The van der Waals surface area contributed by atoms with Crippen LogP contribution in [-0.4, -0.2) is 34.3 Å². The van der Waals surface area contributed by atoms with Gasteiger partial charge in [0.15, 0.2) is 23.3 Å². The molecule has 1 atom stereocenters. The fourth-order valence-electron chi connectivity index (χ4n) is 1.96. The van der Waals surface area contributed by atoms with Crippen molar-refractivity contribution in [2.45, 2.75) is 6.10 Å². The van der Waals surface area contributed by atoms with E-state index in [0.29, 0.717) is 0 Å². The number of aliphatic hydroxyl groups is 1. The number of rotatable bonds is 2. The first-order valence-corrected chi connectivity index (χ1v) is 5.31. The summed E-state index contributed by atoms with van der Waals surface area (Å²) >= 11 is 0. The van der Waals surface area contributed by atoms with Gasteiger partial charge in [-0.1, -0.05) is 0 Å². The Morgan fingerprint density at radius 3 is 2.11 bits per heavy atom. The second-order valence-electron chi connectivity index (χ2n) is 4.27. The van der Waals surface area contributed by atoms with Crippen molar-refractivity contribution in [3.63, 3.8) is 0 Å². The molecule has 104 valence electrons. The predicted octanol–water partition coefficient (Wildman–Crippen LogP) is 1.89. The lowest BCUT2D eigenvalue weighted by atomic mass is 9.88. The Morgan fingerprint density at radius 2 is 1.68 bits per heavy atom. The zero-order valence-electron chi connectivity index (χ0n) is 9.41. The molecule has 4 nitrogen and oxygen atoms in total. The molecule has 1 aromatic rings. The van der Waals surface area contributed by atoms with Gasteiger partial charge in [0.1, 0.15) is 0 Å².